The number of rotatable bonds is 3. The van der Waals surface area contributed by atoms with E-state index in [1.807, 2.05) is 13.2 Å². The first-order valence-electron chi connectivity index (χ1n) is 4.88. The molecule has 1 aliphatic carbocycles. The van der Waals surface area contributed by atoms with Gasteiger partial charge in [0.15, 0.2) is 0 Å². The highest BCUT2D eigenvalue weighted by molar-refractivity contribution is 5.24. The van der Waals surface area contributed by atoms with Gasteiger partial charge in [-0.2, -0.15) is 5.10 Å². The maximum absolute atomic E-state index is 10.2. The van der Waals surface area contributed by atoms with Crippen molar-refractivity contribution in [3.05, 3.63) is 18.0 Å². The SMILES string of the molecule is CCCC1CC1(O)c1cnn(C)c1. The molecule has 2 atom stereocenters. The Hall–Kier alpha value is -0.830. The summed E-state index contributed by atoms with van der Waals surface area (Å²) in [7, 11) is 1.88. The van der Waals surface area contributed by atoms with E-state index in [0.29, 0.717) is 5.92 Å². The molecule has 1 saturated carbocycles. The second kappa shape index (κ2) is 2.84. The number of hydrogen-bond donors (Lipinski definition) is 1. The highest BCUT2D eigenvalue weighted by Gasteiger charge is 2.53. The number of aryl methyl sites for hydroxylation is 1. The second-order valence-electron chi connectivity index (χ2n) is 4.02. The van der Waals surface area contributed by atoms with Gasteiger partial charge in [-0.3, -0.25) is 4.68 Å². The van der Waals surface area contributed by atoms with Crippen LogP contribution in [0.2, 0.25) is 0 Å². The largest absolute Gasteiger partial charge is 0.385 e. The van der Waals surface area contributed by atoms with Gasteiger partial charge >= 0.3 is 0 Å². The van der Waals surface area contributed by atoms with Gasteiger partial charge in [0.1, 0.15) is 0 Å². The van der Waals surface area contributed by atoms with E-state index in [1.165, 1.54) is 0 Å². The Bertz CT molecular complexity index is 308. The summed E-state index contributed by atoms with van der Waals surface area (Å²) in [5.41, 5.74) is 0.429. The lowest BCUT2D eigenvalue weighted by atomic mass is 10.1. The molecule has 0 saturated heterocycles. The summed E-state index contributed by atoms with van der Waals surface area (Å²) in [6.45, 7) is 2.15. The molecule has 1 heterocycles. The molecule has 1 fully saturated rings. The fourth-order valence-electron chi connectivity index (χ4n) is 2.00. The third-order valence-corrected chi connectivity index (χ3v) is 2.91. The van der Waals surface area contributed by atoms with Crippen LogP contribution < -0.4 is 0 Å². The molecular weight excluding hydrogens is 164 g/mol. The van der Waals surface area contributed by atoms with Gasteiger partial charge in [-0.15, -0.1) is 0 Å². The van der Waals surface area contributed by atoms with E-state index in [0.717, 1.165) is 24.8 Å². The average molecular weight is 180 g/mol. The molecule has 0 aliphatic heterocycles. The fraction of sp³-hybridized carbons (Fsp3) is 0.700. The van der Waals surface area contributed by atoms with Crippen molar-refractivity contribution in [1.29, 1.82) is 0 Å². The number of aromatic nitrogens is 2. The lowest BCUT2D eigenvalue weighted by Gasteiger charge is -2.06. The first-order chi connectivity index (χ1) is 6.16. The third-order valence-electron chi connectivity index (χ3n) is 2.91. The third kappa shape index (κ3) is 1.37. The molecule has 1 aromatic rings. The van der Waals surface area contributed by atoms with E-state index < -0.39 is 5.60 Å². The minimum atomic E-state index is -0.551. The van der Waals surface area contributed by atoms with Gasteiger partial charge in [-0.25, -0.2) is 0 Å². The Balaban J connectivity index is 2.11. The van der Waals surface area contributed by atoms with Crippen LogP contribution >= 0.6 is 0 Å². The minimum Gasteiger partial charge on any atom is -0.385 e. The Labute approximate surface area is 78.4 Å². The molecule has 13 heavy (non-hydrogen) atoms. The van der Waals surface area contributed by atoms with Crippen LogP contribution in [0.5, 0.6) is 0 Å². The van der Waals surface area contributed by atoms with Crippen molar-refractivity contribution in [3.63, 3.8) is 0 Å². The summed E-state index contributed by atoms with van der Waals surface area (Å²) in [4.78, 5) is 0. The lowest BCUT2D eigenvalue weighted by molar-refractivity contribution is 0.129. The summed E-state index contributed by atoms with van der Waals surface area (Å²) in [6.07, 6.45) is 6.86. The van der Waals surface area contributed by atoms with Gasteiger partial charge in [-0.1, -0.05) is 13.3 Å². The van der Waals surface area contributed by atoms with Gasteiger partial charge in [-0.05, 0) is 18.8 Å². The summed E-state index contributed by atoms with van der Waals surface area (Å²) in [5, 5.41) is 14.2. The van der Waals surface area contributed by atoms with E-state index >= 15 is 0 Å². The Morgan fingerprint density at radius 1 is 1.77 bits per heavy atom. The average Bonchev–Trinajstić information content (AvgIpc) is 2.57. The van der Waals surface area contributed by atoms with Gasteiger partial charge in [0.2, 0.25) is 0 Å². The molecule has 3 nitrogen and oxygen atoms in total. The van der Waals surface area contributed by atoms with Crippen LogP contribution in [-0.2, 0) is 12.6 Å². The molecule has 72 valence electrons. The molecule has 2 rings (SSSR count). The number of aliphatic hydroxyl groups is 1. The first-order valence-corrected chi connectivity index (χ1v) is 4.88. The molecule has 0 spiro atoms. The van der Waals surface area contributed by atoms with Gasteiger partial charge in [0.25, 0.3) is 0 Å². The molecule has 1 aliphatic rings. The van der Waals surface area contributed by atoms with Crippen molar-refractivity contribution in [1.82, 2.24) is 9.78 Å². The van der Waals surface area contributed by atoms with Gasteiger partial charge in [0.05, 0.1) is 11.8 Å². The van der Waals surface area contributed by atoms with Crippen molar-refractivity contribution >= 4 is 0 Å². The molecule has 1 N–H and O–H groups in total. The van der Waals surface area contributed by atoms with E-state index in [9.17, 15) is 5.11 Å². The van der Waals surface area contributed by atoms with Gasteiger partial charge < -0.3 is 5.11 Å². The topological polar surface area (TPSA) is 38.1 Å². The van der Waals surface area contributed by atoms with Crippen molar-refractivity contribution < 1.29 is 5.11 Å². The molecule has 0 amide bonds. The van der Waals surface area contributed by atoms with Crippen LogP contribution in [0.1, 0.15) is 31.7 Å². The maximum atomic E-state index is 10.2. The van der Waals surface area contributed by atoms with E-state index in [2.05, 4.69) is 12.0 Å². The molecule has 0 radical (unpaired) electrons. The molecular formula is C10H16N2O. The number of nitrogens with zero attached hydrogens (tertiary/aromatic N) is 2. The summed E-state index contributed by atoms with van der Waals surface area (Å²) in [5.74, 6) is 0.460. The summed E-state index contributed by atoms with van der Waals surface area (Å²) >= 11 is 0. The van der Waals surface area contributed by atoms with Crippen LogP contribution in [0, 0.1) is 5.92 Å². The van der Waals surface area contributed by atoms with E-state index in [1.54, 1.807) is 10.9 Å². The fourth-order valence-corrected chi connectivity index (χ4v) is 2.00. The van der Waals surface area contributed by atoms with Crippen LogP contribution in [0.4, 0.5) is 0 Å². The molecule has 3 heteroatoms. The minimum absolute atomic E-state index is 0.460. The zero-order valence-corrected chi connectivity index (χ0v) is 8.20. The molecule has 1 aromatic heterocycles. The smallest absolute Gasteiger partial charge is 0.0959 e. The lowest BCUT2D eigenvalue weighted by Crippen LogP contribution is -2.07. The predicted octanol–water partition coefficient (Wildman–Crippen LogP) is 1.43. The summed E-state index contributed by atoms with van der Waals surface area (Å²) in [6, 6.07) is 0. The van der Waals surface area contributed by atoms with E-state index in [-0.39, 0.29) is 0 Å². The van der Waals surface area contributed by atoms with Crippen molar-refractivity contribution in [2.45, 2.75) is 31.8 Å². The molecule has 0 bridgehead atoms. The van der Waals surface area contributed by atoms with Crippen LogP contribution in [0.3, 0.4) is 0 Å². The van der Waals surface area contributed by atoms with Crippen molar-refractivity contribution in [2.75, 3.05) is 0 Å². The first kappa shape index (κ1) is 8.75. The quantitative estimate of drug-likeness (QED) is 0.764. The zero-order valence-electron chi connectivity index (χ0n) is 8.20. The molecule has 0 aromatic carbocycles. The highest BCUT2D eigenvalue weighted by atomic mass is 16.3. The Morgan fingerprint density at radius 2 is 2.54 bits per heavy atom. The Morgan fingerprint density at radius 3 is 3.08 bits per heavy atom. The van der Waals surface area contributed by atoms with Crippen LogP contribution in [-0.4, -0.2) is 14.9 Å². The standard InChI is InChI=1S/C10H16N2O/c1-3-4-8-5-10(8,13)9-6-11-12(2)7-9/h6-8,13H,3-5H2,1-2H3. The highest BCUT2D eigenvalue weighted by Crippen LogP contribution is 2.53. The van der Waals surface area contributed by atoms with Crippen molar-refractivity contribution in [2.24, 2.45) is 13.0 Å². The van der Waals surface area contributed by atoms with Crippen LogP contribution in [0.15, 0.2) is 12.4 Å². The maximum Gasteiger partial charge on any atom is 0.0959 e. The molecule has 2 unspecified atom stereocenters. The zero-order chi connectivity index (χ0) is 9.47. The second-order valence-corrected chi connectivity index (χ2v) is 4.02. The van der Waals surface area contributed by atoms with E-state index in [4.69, 9.17) is 0 Å². The monoisotopic (exact) mass is 180 g/mol. The predicted molar refractivity (Wildman–Crippen MR) is 50.1 cm³/mol. The normalized spacial score (nSPS) is 32.1. The summed E-state index contributed by atoms with van der Waals surface area (Å²) < 4.78 is 1.74. The van der Waals surface area contributed by atoms with Crippen molar-refractivity contribution in [3.8, 4) is 0 Å². The van der Waals surface area contributed by atoms with Gasteiger partial charge in [0, 0.05) is 18.8 Å². The Kier molecular flexibility index (Phi) is 1.91. The number of hydrogen-bond acceptors (Lipinski definition) is 2. The van der Waals surface area contributed by atoms with Crippen LogP contribution in [0.25, 0.3) is 0 Å².